The van der Waals surface area contributed by atoms with Gasteiger partial charge in [-0.3, -0.25) is 9.52 Å². The molecule has 0 saturated heterocycles. The van der Waals surface area contributed by atoms with E-state index < -0.39 is 31.0 Å². The molecule has 1 unspecified atom stereocenters. The molecule has 242 valence electrons. The fourth-order valence-corrected chi connectivity index (χ4v) is 6.66. The number of hydrogen-bond acceptors (Lipinski definition) is 9. The van der Waals surface area contributed by atoms with Gasteiger partial charge in [0.25, 0.3) is 5.91 Å². The molecule has 1 amide bonds. The number of rotatable bonds is 10. The molecule has 0 radical (unpaired) electrons. The van der Waals surface area contributed by atoms with Crippen molar-refractivity contribution < 1.29 is 26.4 Å². The van der Waals surface area contributed by atoms with Crippen LogP contribution in [-0.4, -0.2) is 65.9 Å². The molecule has 13 nitrogen and oxygen atoms in total. The van der Waals surface area contributed by atoms with Gasteiger partial charge in [-0.15, -0.1) is 5.10 Å². The van der Waals surface area contributed by atoms with Gasteiger partial charge in [0.15, 0.2) is 5.75 Å². The first-order valence-electron chi connectivity index (χ1n) is 14.2. The van der Waals surface area contributed by atoms with E-state index in [1.807, 2.05) is 27.7 Å². The van der Waals surface area contributed by atoms with E-state index in [1.54, 1.807) is 57.4 Å². The highest BCUT2D eigenvalue weighted by atomic mass is 32.2. The molecule has 4 rings (SSSR count). The zero-order chi connectivity index (χ0) is 33.5. The summed E-state index contributed by atoms with van der Waals surface area (Å²) in [6.07, 6.45) is 4.59. The van der Waals surface area contributed by atoms with Crippen LogP contribution in [0.15, 0.2) is 47.9 Å². The molecule has 0 aliphatic heterocycles. The fourth-order valence-electron chi connectivity index (χ4n) is 4.64. The summed E-state index contributed by atoms with van der Waals surface area (Å²) in [4.78, 5) is 17.7. The number of amides is 1. The molecule has 0 saturated carbocycles. The highest BCUT2D eigenvalue weighted by Gasteiger charge is 2.28. The Labute approximate surface area is 264 Å². The first kappa shape index (κ1) is 33.6. The minimum absolute atomic E-state index is 0.0444. The molecule has 1 atom stereocenters. The van der Waals surface area contributed by atoms with Crippen molar-refractivity contribution in [3.8, 4) is 22.8 Å². The van der Waals surface area contributed by atoms with E-state index in [2.05, 4.69) is 25.3 Å². The van der Waals surface area contributed by atoms with Crippen molar-refractivity contribution >= 4 is 37.1 Å². The van der Waals surface area contributed by atoms with Gasteiger partial charge in [-0.2, -0.15) is 0 Å². The lowest BCUT2D eigenvalue weighted by atomic mass is 9.86. The van der Waals surface area contributed by atoms with Gasteiger partial charge in [-0.25, -0.2) is 26.5 Å². The van der Waals surface area contributed by atoms with Crippen molar-refractivity contribution in [2.75, 3.05) is 23.4 Å². The summed E-state index contributed by atoms with van der Waals surface area (Å²) in [6.45, 7) is 11.2. The number of imidazole rings is 1. The van der Waals surface area contributed by atoms with E-state index in [9.17, 15) is 21.6 Å². The van der Waals surface area contributed by atoms with Crippen molar-refractivity contribution in [2.45, 2.75) is 63.8 Å². The highest BCUT2D eigenvalue weighted by molar-refractivity contribution is 7.92. The summed E-state index contributed by atoms with van der Waals surface area (Å²) < 4.78 is 61.0. The predicted octanol–water partition coefficient (Wildman–Crippen LogP) is 4.48. The van der Waals surface area contributed by atoms with Gasteiger partial charge in [0.2, 0.25) is 25.0 Å². The second kappa shape index (κ2) is 12.3. The lowest BCUT2D eigenvalue weighted by molar-refractivity contribution is 0.102. The largest absolute Gasteiger partial charge is 0.492 e. The minimum atomic E-state index is -3.64. The van der Waals surface area contributed by atoms with Crippen LogP contribution < -0.4 is 14.8 Å². The molecule has 0 fully saturated rings. The number of nitrogens with one attached hydrogen (secondary N) is 2. The molecule has 45 heavy (non-hydrogen) atoms. The van der Waals surface area contributed by atoms with Gasteiger partial charge < -0.3 is 14.6 Å². The van der Waals surface area contributed by atoms with Gasteiger partial charge in [-0.1, -0.05) is 39.0 Å². The van der Waals surface area contributed by atoms with Crippen molar-refractivity contribution in [2.24, 2.45) is 7.05 Å². The van der Waals surface area contributed by atoms with Crippen LogP contribution in [0.4, 0.5) is 11.4 Å². The van der Waals surface area contributed by atoms with Crippen LogP contribution in [-0.2, 0) is 32.3 Å². The quantitative estimate of drug-likeness (QED) is 0.250. The van der Waals surface area contributed by atoms with E-state index in [0.29, 0.717) is 34.7 Å². The molecule has 0 spiro atoms. The van der Waals surface area contributed by atoms with Gasteiger partial charge in [0.05, 0.1) is 53.8 Å². The number of sulfonamides is 1. The summed E-state index contributed by atoms with van der Waals surface area (Å²) >= 11 is 0. The van der Waals surface area contributed by atoms with E-state index in [-0.39, 0.29) is 22.0 Å². The third-order valence-corrected chi connectivity index (χ3v) is 10.4. The molecule has 0 bridgehead atoms. The van der Waals surface area contributed by atoms with Crippen molar-refractivity contribution in [3.05, 3.63) is 59.4 Å². The smallest absolute Gasteiger partial charge is 0.255 e. The maximum Gasteiger partial charge on any atom is 0.255 e. The number of carbonyl (C=O) groups excluding carboxylic acids is 1. The third kappa shape index (κ3) is 7.04. The van der Waals surface area contributed by atoms with Crippen LogP contribution in [0.2, 0.25) is 0 Å². The van der Waals surface area contributed by atoms with Crippen molar-refractivity contribution in [3.63, 3.8) is 0 Å². The Balaban J connectivity index is 1.69. The number of aryl methyl sites for hydroxylation is 1. The molecular formula is C30H39N7O6S2. The molecule has 0 aliphatic carbocycles. The number of methoxy groups -OCH3 is 1. The Morgan fingerprint density at radius 1 is 1.09 bits per heavy atom. The molecule has 0 aliphatic rings. The number of hydrogen-bond donors (Lipinski definition) is 2. The van der Waals surface area contributed by atoms with E-state index in [1.165, 1.54) is 22.6 Å². The Bertz CT molecular complexity index is 1970. The zero-order valence-corrected chi connectivity index (χ0v) is 28.5. The molecule has 2 aromatic carbocycles. The number of aromatic nitrogens is 5. The SMILES string of the molecule is CCC(C)S(=O)(=O)c1ncc(-c2cn(-c3cc(C(=O)Nc4cc(C(C)(C)C)cc(NS(C)(=O)=O)c4OC)ccc3C)nn2)n1C. The van der Waals surface area contributed by atoms with Crippen LogP contribution in [0.3, 0.4) is 0 Å². The van der Waals surface area contributed by atoms with Crippen molar-refractivity contribution in [1.29, 1.82) is 0 Å². The molecule has 15 heteroatoms. The Kier molecular flexibility index (Phi) is 9.18. The summed E-state index contributed by atoms with van der Waals surface area (Å²) in [5.41, 5.74) is 3.47. The number of benzene rings is 2. The van der Waals surface area contributed by atoms with E-state index >= 15 is 0 Å². The Hall–Kier alpha value is -4.24. The first-order chi connectivity index (χ1) is 20.9. The first-order valence-corrected chi connectivity index (χ1v) is 17.6. The Morgan fingerprint density at radius 3 is 2.36 bits per heavy atom. The van der Waals surface area contributed by atoms with Crippen LogP contribution >= 0.6 is 0 Å². The normalized spacial score (nSPS) is 13.0. The average Bonchev–Trinajstić information content (AvgIpc) is 3.58. The van der Waals surface area contributed by atoms with Crippen LogP contribution in [0.1, 0.15) is 62.5 Å². The monoisotopic (exact) mass is 657 g/mol. The van der Waals surface area contributed by atoms with Gasteiger partial charge >= 0.3 is 0 Å². The summed E-state index contributed by atoms with van der Waals surface area (Å²) in [5, 5.41) is 10.7. The van der Waals surface area contributed by atoms with Crippen LogP contribution in [0, 0.1) is 6.92 Å². The number of carbonyl (C=O) groups is 1. The second-order valence-corrected chi connectivity index (χ2v) is 16.0. The lowest BCUT2D eigenvalue weighted by Crippen LogP contribution is -2.20. The van der Waals surface area contributed by atoms with E-state index in [0.717, 1.165) is 17.4 Å². The number of sulfone groups is 1. The maximum atomic E-state index is 13.6. The molecule has 2 aromatic heterocycles. The average molecular weight is 658 g/mol. The zero-order valence-electron chi connectivity index (χ0n) is 26.8. The van der Waals surface area contributed by atoms with E-state index in [4.69, 9.17) is 4.74 Å². The van der Waals surface area contributed by atoms with Gasteiger partial charge in [0.1, 0.15) is 5.69 Å². The van der Waals surface area contributed by atoms with Gasteiger partial charge in [-0.05, 0) is 61.1 Å². The van der Waals surface area contributed by atoms with Crippen LogP contribution in [0.5, 0.6) is 5.75 Å². The summed E-state index contributed by atoms with van der Waals surface area (Å²) in [5.74, 6) is -0.293. The molecule has 4 aromatic rings. The van der Waals surface area contributed by atoms with Crippen LogP contribution in [0.25, 0.3) is 17.1 Å². The highest BCUT2D eigenvalue weighted by Crippen LogP contribution is 2.39. The standard InChI is InChI=1S/C30H39N7O6S2/c1-10-19(3)45(41,42)29-31-16-26(36(29)7)24-17-37(35-33-24)25-13-20(12-11-18(25)2)28(38)32-22-14-21(30(4,5)6)15-23(27(22)43-8)34-44(9,39)40/h11-17,19,34H,10H2,1-9H3,(H,32,38). The topological polar surface area (TPSA) is 167 Å². The summed E-state index contributed by atoms with van der Waals surface area (Å²) in [7, 11) is -4.24. The van der Waals surface area contributed by atoms with Gasteiger partial charge in [0, 0.05) is 12.6 Å². The van der Waals surface area contributed by atoms with Crippen molar-refractivity contribution in [1.82, 2.24) is 24.5 Å². The molecular weight excluding hydrogens is 619 g/mol. The number of anilines is 2. The predicted molar refractivity (Wildman–Crippen MR) is 173 cm³/mol. The Morgan fingerprint density at radius 2 is 1.76 bits per heavy atom. The fraction of sp³-hybridized carbons (Fsp3) is 0.400. The number of ether oxygens (including phenoxy) is 1. The molecule has 2 N–H and O–H groups in total. The maximum absolute atomic E-state index is 13.6. The molecule has 2 heterocycles. The second-order valence-electron chi connectivity index (χ2n) is 12.0. The minimum Gasteiger partial charge on any atom is -0.492 e. The summed E-state index contributed by atoms with van der Waals surface area (Å²) in [6, 6.07) is 8.53. The number of nitrogens with zero attached hydrogens (tertiary/aromatic N) is 5. The lowest BCUT2D eigenvalue weighted by Gasteiger charge is -2.24. The third-order valence-electron chi connectivity index (χ3n) is 7.48.